The fourth-order valence-electron chi connectivity index (χ4n) is 17.1. The van der Waals surface area contributed by atoms with E-state index in [4.69, 9.17) is 7.16 Å². The van der Waals surface area contributed by atoms with E-state index in [0.717, 1.165) is 88.5 Å². The summed E-state index contributed by atoms with van der Waals surface area (Å²) in [7, 11) is 0. The van der Waals surface area contributed by atoms with Gasteiger partial charge in [0.05, 0.1) is 72.1 Å². The lowest BCUT2D eigenvalue weighted by atomic mass is 9.33. The summed E-state index contributed by atoms with van der Waals surface area (Å²) >= 11 is 0. The second-order valence-corrected chi connectivity index (χ2v) is 32.1. The third kappa shape index (κ3) is 10.0. The normalized spacial score (nSPS) is 15.2. The van der Waals surface area contributed by atoms with Crippen molar-refractivity contribution >= 4 is 145 Å². The van der Waals surface area contributed by atoms with Gasteiger partial charge in [-0.3, -0.25) is 0 Å². The molecule has 0 N–H and O–H groups in total. The van der Waals surface area contributed by atoms with E-state index in [-0.39, 0.29) is 71.2 Å². The zero-order valence-corrected chi connectivity index (χ0v) is 61.6. The van der Waals surface area contributed by atoms with Gasteiger partial charge in [0, 0.05) is 77.2 Å². The molecular formula is C102H80BN5O. The minimum Gasteiger partial charge on any atom is -0.452 e. The largest absolute Gasteiger partial charge is 0.452 e. The molecule has 21 rings (SSSR count). The van der Waals surface area contributed by atoms with E-state index in [0.29, 0.717) is 55.9 Å². The molecule has 0 radical (unpaired) electrons. The molecule has 109 heavy (non-hydrogen) atoms. The Labute approximate surface area is 658 Å². The van der Waals surface area contributed by atoms with Crippen LogP contribution in [0.3, 0.4) is 0 Å². The van der Waals surface area contributed by atoms with Crippen LogP contribution in [-0.4, -0.2) is 20.4 Å². The van der Waals surface area contributed by atoms with E-state index >= 15 is 0 Å². The number of fused-ring (bicyclic) bond motifs is 16. The maximum absolute atomic E-state index is 10.2. The molecule has 0 amide bonds. The third-order valence-corrected chi connectivity index (χ3v) is 22.5. The molecule has 19 aromatic rings. The van der Waals surface area contributed by atoms with Crippen LogP contribution in [0.2, 0.25) is 0 Å². The zero-order valence-electron chi connectivity index (χ0n) is 77.6. The van der Waals surface area contributed by atoms with Crippen LogP contribution in [0, 0.1) is 0 Å². The lowest BCUT2D eigenvalue weighted by Gasteiger charge is -2.44. The van der Waals surface area contributed by atoms with Gasteiger partial charge in [-0.25, -0.2) is 0 Å². The Kier molecular flexibility index (Phi) is 10.9. The molecule has 2 aliphatic rings. The van der Waals surface area contributed by atoms with Gasteiger partial charge in [-0.2, -0.15) is 0 Å². The summed E-state index contributed by atoms with van der Waals surface area (Å²) in [6.07, 6.45) is 0. The molecule has 0 saturated heterocycles. The van der Waals surface area contributed by atoms with Crippen LogP contribution in [0.25, 0.3) is 138 Å². The molecule has 7 heteroatoms. The number of para-hydroxylation sites is 7. The maximum atomic E-state index is 10.2. The molecule has 6 heterocycles. The molecule has 4 aromatic heterocycles. The molecule has 2 aliphatic heterocycles. The minimum absolute atomic E-state index is 0.0960. The number of furan rings is 1. The Morgan fingerprint density at radius 3 is 1.29 bits per heavy atom. The van der Waals surface area contributed by atoms with Crippen LogP contribution in [0.4, 0.5) is 34.1 Å². The van der Waals surface area contributed by atoms with Crippen molar-refractivity contribution in [1.82, 2.24) is 13.7 Å². The summed E-state index contributed by atoms with van der Waals surface area (Å²) in [6.45, 7) is 19.1. The van der Waals surface area contributed by atoms with Gasteiger partial charge in [-0.05, 0) is 186 Å². The van der Waals surface area contributed by atoms with E-state index in [1.165, 1.54) is 10.1 Å². The topological polar surface area (TPSA) is 34.4 Å². The van der Waals surface area contributed by atoms with Crippen molar-refractivity contribution in [3.63, 3.8) is 0 Å². The van der Waals surface area contributed by atoms with Crippen molar-refractivity contribution in [1.29, 1.82) is 0 Å². The van der Waals surface area contributed by atoms with E-state index in [1.54, 1.807) is 4.57 Å². The average Bonchev–Trinajstić information content (AvgIpc) is 1.68. The predicted molar refractivity (Wildman–Crippen MR) is 463 cm³/mol. The highest BCUT2D eigenvalue weighted by Crippen LogP contribution is 2.52. The molecule has 0 spiro atoms. The Morgan fingerprint density at radius 2 is 0.725 bits per heavy atom. The van der Waals surface area contributed by atoms with E-state index in [1.807, 2.05) is 103 Å². The lowest BCUT2D eigenvalue weighted by Crippen LogP contribution is -2.61. The quantitative estimate of drug-likeness (QED) is 0.142. The summed E-state index contributed by atoms with van der Waals surface area (Å²) in [5, 5.41) is 3.11. The van der Waals surface area contributed by atoms with Crippen molar-refractivity contribution < 1.29 is 26.3 Å². The second kappa shape index (κ2) is 23.8. The number of hydrogen-bond donors (Lipinski definition) is 0. The first-order valence-electron chi connectivity index (χ1n) is 45.1. The van der Waals surface area contributed by atoms with E-state index in [2.05, 4.69) is 198 Å². The molecule has 0 atom stereocenters. The van der Waals surface area contributed by atoms with Crippen LogP contribution >= 0.6 is 0 Å². The van der Waals surface area contributed by atoms with E-state index < -0.39 is 103 Å². The van der Waals surface area contributed by atoms with Crippen molar-refractivity contribution in [2.75, 3.05) is 9.80 Å². The summed E-state index contributed by atoms with van der Waals surface area (Å²) in [5.74, 6) is 0. The average molecular weight is 1420 g/mol. The third-order valence-electron chi connectivity index (χ3n) is 22.5. The molecule has 0 saturated carbocycles. The van der Waals surface area contributed by atoms with Gasteiger partial charge in [-0.1, -0.05) is 280 Å². The zero-order chi connectivity index (χ0) is 87.4. The maximum Gasteiger partial charge on any atom is 0.252 e. The van der Waals surface area contributed by atoms with Crippen LogP contribution < -0.4 is 26.2 Å². The molecule has 0 aliphatic carbocycles. The van der Waals surface area contributed by atoms with Gasteiger partial charge in [0.25, 0.3) is 6.71 Å². The van der Waals surface area contributed by atoms with Gasteiger partial charge in [-0.15, -0.1) is 0 Å². The van der Waals surface area contributed by atoms with Crippen LogP contribution in [0.1, 0.15) is 101 Å². The van der Waals surface area contributed by atoms with Crippen molar-refractivity contribution in [3.05, 3.63) is 338 Å². The second-order valence-electron chi connectivity index (χ2n) is 32.1. The number of hydrogen-bond acceptors (Lipinski definition) is 3. The molecule has 6 nitrogen and oxygen atoms in total. The predicted octanol–water partition coefficient (Wildman–Crippen LogP) is 25.9. The van der Waals surface area contributed by atoms with Crippen molar-refractivity contribution in [2.45, 2.75) is 78.6 Å². The van der Waals surface area contributed by atoms with Gasteiger partial charge in [0.15, 0.2) is 11.2 Å². The Hall–Kier alpha value is -12.8. The standard InChI is InChI=1S/C102H80BN5O/c1-100(2,3)69-47-51-90-82(59-69)79-36-20-25-43-89(79)107(90)91-44-26-37-80-81-38-27-45-92(99(81)109-98(80)91)108-94-60-72(104-85-39-21-16-32-75(85)76-33-17-22-40-86(76)104)48-50-84(94)103-83-49-46-65(68-53-70(101(4,5)6)58-71(54-68)102(7,8)9)57-93(83)106(73-55-66(63-28-12-10-13-29-63)52-67(56-73)64-30-14-11-15-31-64)95-61-74(62-96(108)97(95)103)105-87-41-23-18-34-77(87)78-35-19-24-42-88(78)105/h10-62H,1-9H3/i16D,17D,18D,19D,21D,22D,23D,24D,32D,33D,34D,35D,39D,40D,41D,42D. The number of rotatable bonds is 8. The summed E-state index contributed by atoms with van der Waals surface area (Å²) in [5.41, 5.74) is 17.3. The summed E-state index contributed by atoms with van der Waals surface area (Å²) in [6, 6.07) is 68.1. The van der Waals surface area contributed by atoms with Crippen LogP contribution in [-0.2, 0) is 16.2 Å². The first-order valence-corrected chi connectivity index (χ1v) is 37.1. The van der Waals surface area contributed by atoms with Crippen molar-refractivity contribution in [2.24, 2.45) is 0 Å². The van der Waals surface area contributed by atoms with E-state index in [9.17, 15) is 19.2 Å². The van der Waals surface area contributed by atoms with Gasteiger partial charge in [0.1, 0.15) is 0 Å². The minimum atomic E-state index is -0.789. The smallest absolute Gasteiger partial charge is 0.252 e. The first-order chi connectivity index (χ1) is 59.6. The van der Waals surface area contributed by atoms with Gasteiger partial charge < -0.3 is 27.9 Å². The number of benzene rings is 15. The fraction of sp³-hybridized carbons (Fsp3) is 0.118. The SMILES string of the molecule is [2H]c1c([2H])c([2H])c2c(c1[2H])c1c([2H])c([2H])c([2H])c([2H])c1n2-c1ccc2c(c1)N(c1cccc3c1oc1c(-n4c5ccccc5c5cc(C(C)(C)C)ccc54)cccc13)c1cc(-n3c4c([2H])c([2H])c([2H])c([2H])c4c4c([2H])c([2H])c([2H])c([2H])c43)cc3c1B2c1ccc(-c2cc(C(C)(C)C)cc(C(C)(C)C)c2)cc1N3c1cc(-c2ccccc2)cc(-c2ccccc2)c1. The Bertz CT molecular complexity index is 7780. The Balaban J connectivity index is 0.963. The number of nitrogens with zero attached hydrogens (tertiary/aromatic N) is 5. The van der Waals surface area contributed by atoms with Crippen LogP contribution in [0.15, 0.2) is 326 Å². The first kappa shape index (κ1) is 49.9. The molecule has 0 unspecified atom stereocenters. The monoisotopic (exact) mass is 1420 g/mol. The van der Waals surface area contributed by atoms with Gasteiger partial charge in [0.2, 0.25) is 0 Å². The summed E-state index contributed by atoms with van der Waals surface area (Å²) < 4.78 is 167. The highest BCUT2D eigenvalue weighted by molar-refractivity contribution is 7.00. The number of anilines is 6. The molecule has 0 bridgehead atoms. The summed E-state index contributed by atoms with van der Waals surface area (Å²) in [4.78, 5) is 4.33. The fourth-order valence-corrected chi connectivity index (χ4v) is 17.1. The molecule has 522 valence electrons. The molecular weight excluding hydrogens is 1320 g/mol. The van der Waals surface area contributed by atoms with Crippen LogP contribution in [0.5, 0.6) is 0 Å². The number of aromatic nitrogens is 3. The Morgan fingerprint density at radius 1 is 0.266 bits per heavy atom. The molecule has 0 fully saturated rings. The van der Waals surface area contributed by atoms with Gasteiger partial charge >= 0.3 is 0 Å². The molecule has 15 aromatic carbocycles. The highest BCUT2D eigenvalue weighted by atomic mass is 16.3. The lowest BCUT2D eigenvalue weighted by molar-refractivity contribution is 0.569. The van der Waals surface area contributed by atoms with Crippen molar-refractivity contribution in [3.8, 4) is 50.4 Å². The highest BCUT2D eigenvalue weighted by Gasteiger charge is 2.45.